The first kappa shape index (κ1) is 12.5. The molecule has 1 aromatic rings. The summed E-state index contributed by atoms with van der Waals surface area (Å²) in [6.07, 6.45) is 1.14. The SMILES string of the molecule is CCC(N)c1nnc(C2C(C)OC(C)C2C)o1. The molecule has 2 heterocycles. The van der Waals surface area contributed by atoms with Gasteiger partial charge in [0, 0.05) is 0 Å². The van der Waals surface area contributed by atoms with E-state index < -0.39 is 0 Å². The highest BCUT2D eigenvalue weighted by atomic mass is 16.5. The van der Waals surface area contributed by atoms with Gasteiger partial charge in [-0.2, -0.15) is 0 Å². The molecular weight excluding hydrogens is 218 g/mol. The quantitative estimate of drug-likeness (QED) is 0.873. The number of nitrogens with two attached hydrogens (primary N) is 1. The average Bonchev–Trinajstić information content (AvgIpc) is 2.85. The lowest BCUT2D eigenvalue weighted by Gasteiger charge is -2.13. The molecule has 0 bridgehead atoms. The van der Waals surface area contributed by atoms with Gasteiger partial charge in [-0.1, -0.05) is 13.8 Å². The highest BCUT2D eigenvalue weighted by molar-refractivity contribution is 5.03. The minimum atomic E-state index is -0.165. The Bertz CT molecular complexity index is 380. The van der Waals surface area contributed by atoms with Gasteiger partial charge in [-0.15, -0.1) is 10.2 Å². The summed E-state index contributed by atoms with van der Waals surface area (Å²) in [5.74, 6) is 1.75. The van der Waals surface area contributed by atoms with E-state index in [2.05, 4.69) is 24.0 Å². The van der Waals surface area contributed by atoms with Gasteiger partial charge in [0.1, 0.15) is 0 Å². The van der Waals surface area contributed by atoms with Gasteiger partial charge in [0.05, 0.1) is 24.2 Å². The topological polar surface area (TPSA) is 74.2 Å². The van der Waals surface area contributed by atoms with Crippen molar-refractivity contribution in [2.75, 3.05) is 0 Å². The highest BCUT2D eigenvalue weighted by Gasteiger charge is 2.41. The van der Waals surface area contributed by atoms with Crippen LogP contribution in [0.3, 0.4) is 0 Å². The zero-order valence-electron chi connectivity index (χ0n) is 10.9. The van der Waals surface area contributed by atoms with Crippen LogP contribution in [0.25, 0.3) is 0 Å². The lowest BCUT2D eigenvalue weighted by Crippen LogP contribution is -2.15. The Morgan fingerprint density at radius 2 is 1.94 bits per heavy atom. The smallest absolute Gasteiger partial charge is 0.233 e. The number of hydrogen-bond acceptors (Lipinski definition) is 5. The van der Waals surface area contributed by atoms with Crippen LogP contribution in [0.5, 0.6) is 0 Å². The van der Waals surface area contributed by atoms with Crippen molar-refractivity contribution in [2.24, 2.45) is 11.7 Å². The van der Waals surface area contributed by atoms with Crippen molar-refractivity contribution in [1.82, 2.24) is 10.2 Å². The zero-order chi connectivity index (χ0) is 12.6. The van der Waals surface area contributed by atoms with Crippen LogP contribution in [0, 0.1) is 5.92 Å². The Balaban J connectivity index is 2.20. The Kier molecular flexibility index (Phi) is 3.49. The monoisotopic (exact) mass is 239 g/mol. The number of rotatable bonds is 3. The fraction of sp³-hybridized carbons (Fsp3) is 0.833. The summed E-state index contributed by atoms with van der Waals surface area (Å²) >= 11 is 0. The third-order valence-electron chi connectivity index (χ3n) is 3.74. The van der Waals surface area contributed by atoms with E-state index in [0.717, 1.165) is 6.42 Å². The Morgan fingerprint density at radius 3 is 2.47 bits per heavy atom. The summed E-state index contributed by atoms with van der Waals surface area (Å²) < 4.78 is 11.5. The molecule has 5 atom stereocenters. The molecule has 96 valence electrons. The van der Waals surface area contributed by atoms with E-state index in [4.69, 9.17) is 14.9 Å². The van der Waals surface area contributed by atoms with Gasteiger partial charge >= 0.3 is 0 Å². The number of aromatic nitrogens is 2. The van der Waals surface area contributed by atoms with Crippen LogP contribution >= 0.6 is 0 Å². The third kappa shape index (κ3) is 2.21. The van der Waals surface area contributed by atoms with Crippen molar-refractivity contribution in [3.05, 3.63) is 11.8 Å². The molecule has 1 fully saturated rings. The summed E-state index contributed by atoms with van der Waals surface area (Å²) in [6.45, 7) is 8.29. The Hall–Kier alpha value is -0.940. The standard InChI is InChI=1S/C12H21N3O2/c1-5-9(13)11-14-15-12(17-11)10-6(2)7(3)16-8(10)4/h6-10H,5,13H2,1-4H3. The van der Waals surface area contributed by atoms with Gasteiger partial charge in [-0.25, -0.2) is 0 Å². The molecule has 2 rings (SSSR count). The predicted molar refractivity (Wildman–Crippen MR) is 63.4 cm³/mol. The van der Waals surface area contributed by atoms with Crippen LogP contribution in [-0.4, -0.2) is 22.4 Å². The second-order valence-corrected chi connectivity index (χ2v) is 4.92. The molecular formula is C12H21N3O2. The van der Waals surface area contributed by atoms with Gasteiger partial charge in [0.2, 0.25) is 11.8 Å². The molecule has 17 heavy (non-hydrogen) atoms. The summed E-state index contributed by atoms with van der Waals surface area (Å²) in [5, 5.41) is 8.15. The Morgan fingerprint density at radius 1 is 1.24 bits per heavy atom. The van der Waals surface area contributed by atoms with E-state index >= 15 is 0 Å². The molecule has 2 N–H and O–H groups in total. The van der Waals surface area contributed by atoms with Crippen molar-refractivity contribution >= 4 is 0 Å². The lowest BCUT2D eigenvalue weighted by molar-refractivity contribution is 0.0544. The van der Waals surface area contributed by atoms with E-state index in [0.29, 0.717) is 17.7 Å². The van der Waals surface area contributed by atoms with E-state index in [1.54, 1.807) is 0 Å². The van der Waals surface area contributed by atoms with Crippen molar-refractivity contribution in [2.45, 2.75) is 58.3 Å². The Labute approximate surface area is 102 Å². The molecule has 1 aromatic heterocycles. The average molecular weight is 239 g/mol. The molecule has 0 aliphatic carbocycles. The molecule has 0 amide bonds. The molecule has 5 heteroatoms. The minimum Gasteiger partial charge on any atom is -0.423 e. The van der Waals surface area contributed by atoms with E-state index in [9.17, 15) is 0 Å². The fourth-order valence-corrected chi connectivity index (χ4v) is 2.40. The van der Waals surface area contributed by atoms with Crippen LogP contribution in [0.2, 0.25) is 0 Å². The molecule has 1 aliphatic rings. The van der Waals surface area contributed by atoms with Crippen LogP contribution in [0.15, 0.2) is 4.42 Å². The molecule has 5 unspecified atom stereocenters. The first-order chi connectivity index (χ1) is 8.04. The van der Waals surface area contributed by atoms with Crippen LogP contribution in [-0.2, 0) is 4.74 Å². The van der Waals surface area contributed by atoms with Gasteiger partial charge in [0.15, 0.2) is 0 Å². The second kappa shape index (κ2) is 4.74. The van der Waals surface area contributed by atoms with E-state index in [1.807, 2.05) is 13.8 Å². The molecule has 1 saturated heterocycles. The molecule has 1 aliphatic heterocycles. The van der Waals surface area contributed by atoms with Crippen molar-refractivity contribution in [3.63, 3.8) is 0 Å². The molecule has 0 saturated carbocycles. The maximum absolute atomic E-state index is 5.88. The molecule has 5 nitrogen and oxygen atoms in total. The number of hydrogen-bond donors (Lipinski definition) is 1. The largest absolute Gasteiger partial charge is 0.423 e. The maximum Gasteiger partial charge on any atom is 0.233 e. The lowest BCUT2D eigenvalue weighted by atomic mass is 9.89. The van der Waals surface area contributed by atoms with Gasteiger partial charge in [0.25, 0.3) is 0 Å². The fourth-order valence-electron chi connectivity index (χ4n) is 2.40. The number of ether oxygens (including phenoxy) is 1. The zero-order valence-corrected chi connectivity index (χ0v) is 10.9. The summed E-state index contributed by atoms with van der Waals surface area (Å²) in [5.41, 5.74) is 5.88. The first-order valence-electron chi connectivity index (χ1n) is 6.28. The van der Waals surface area contributed by atoms with Gasteiger partial charge < -0.3 is 14.9 Å². The summed E-state index contributed by atoms with van der Waals surface area (Å²) in [4.78, 5) is 0. The second-order valence-electron chi connectivity index (χ2n) is 4.92. The van der Waals surface area contributed by atoms with Crippen molar-refractivity contribution in [3.8, 4) is 0 Å². The van der Waals surface area contributed by atoms with Crippen LogP contribution in [0.4, 0.5) is 0 Å². The normalized spacial score (nSPS) is 35.1. The molecule has 0 aromatic carbocycles. The summed E-state index contributed by atoms with van der Waals surface area (Å²) in [7, 11) is 0. The molecule has 0 radical (unpaired) electrons. The van der Waals surface area contributed by atoms with Crippen molar-refractivity contribution in [1.29, 1.82) is 0 Å². The summed E-state index contributed by atoms with van der Waals surface area (Å²) in [6, 6.07) is -0.165. The molecule has 0 spiro atoms. The van der Waals surface area contributed by atoms with E-state index in [-0.39, 0.29) is 24.2 Å². The third-order valence-corrected chi connectivity index (χ3v) is 3.74. The van der Waals surface area contributed by atoms with Crippen LogP contribution < -0.4 is 5.73 Å². The highest BCUT2D eigenvalue weighted by Crippen LogP contribution is 2.39. The van der Waals surface area contributed by atoms with Crippen molar-refractivity contribution < 1.29 is 9.15 Å². The van der Waals surface area contributed by atoms with Gasteiger partial charge in [-0.3, -0.25) is 0 Å². The predicted octanol–water partition coefficient (Wildman–Crippen LogP) is 2.01. The van der Waals surface area contributed by atoms with Gasteiger partial charge in [-0.05, 0) is 26.2 Å². The van der Waals surface area contributed by atoms with Crippen LogP contribution in [0.1, 0.15) is 57.9 Å². The van der Waals surface area contributed by atoms with E-state index in [1.165, 1.54) is 0 Å². The minimum absolute atomic E-state index is 0.117. The number of nitrogens with zero attached hydrogens (tertiary/aromatic N) is 2. The maximum atomic E-state index is 5.88. The first-order valence-corrected chi connectivity index (χ1v) is 6.28.